The van der Waals surface area contributed by atoms with Gasteiger partial charge in [-0.15, -0.1) is 0 Å². The average Bonchev–Trinajstić information content (AvgIpc) is 2.60. The standard InChI is InChI=1S/C20H28N2O5/c1-5-26-16(23)14-6-8-15(9-7-14)20(17(21)24)10-12-22(13-11-20)18(25)27-19(2,3)4/h6-9H,5,10-13H2,1-4H3,(H2,21,24). The van der Waals surface area contributed by atoms with Crippen molar-refractivity contribution in [2.45, 2.75) is 51.6 Å². The van der Waals surface area contributed by atoms with Gasteiger partial charge in [0.15, 0.2) is 0 Å². The number of primary amides is 1. The van der Waals surface area contributed by atoms with Crippen molar-refractivity contribution in [3.05, 3.63) is 35.4 Å². The van der Waals surface area contributed by atoms with E-state index in [9.17, 15) is 14.4 Å². The maximum absolute atomic E-state index is 12.3. The fourth-order valence-corrected chi connectivity index (χ4v) is 3.21. The molecule has 1 aromatic rings. The van der Waals surface area contributed by atoms with Crippen LogP contribution in [0.5, 0.6) is 0 Å². The first-order chi connectivity index (χ1) is 12.6. The van der Waals surface area contributed by atoms with E-state index in [4.69, 9.17) is 15.2 Å². The highest BCUT2D eigenvalue weighted by Gasteiger charge is 2.43. The lowest BCUT2D eigenvalue weighted by Crippen LogP contribution is -2.52. The van der Waals surface area contributed by atoms with E-state index in [1.165, 1.54) is 0 Å². The van der Waals surface area contributed by atoms with Crippen molar-refractivity contribution in [1.82, 2.24) is 4.90 Å². The molecular formula is C20H28N2O5. The third kappa shape index (κ3) is 4.78. The van der Waals surface area contributed by atoms with Gasteiger partial charge in [-0.1, -0.05) is 12.1 Å². The summed E-state index contributed by atoms with van der Waals surface area (Å²) < 4.78 is 10.4. The number of hydrogen-bond acceptors (Lipinski definition) is 5. The molecule has 0 bridgehead atoms. The molecule has 0 saturated carbocycles. The van der Waals surface area contributed by atoms with Gasteiger partial charge in [0.25, 0.3) is 0 Å². The van der Waals surface area contributed by atoms with Crippen molar-refractivity contribution < 1.29 is 23.9 Å². The van der Waals surface area contributed by atoms with Gasteiger partial charge in [0.05, 0.1) is 17.6 Å². The lowest BCUT2D eigenvalue weighted by atomic mass is 9.72. The fraction of sp³-hybridized carbons (Fsp3) is 0.550. The third-order valence-electron chi connectivity index (χ3n) is 4.69. The van der Waals surface area contributed by atoms with Gasteiger partial charge < -0.3 is 20.1 Å². The van der Waals surface area contributed by atoms with E-state index >= 15 is 0 Å². The molecule has 0 aromatic heterocycles. The van der Waals surface area contributed by atoms with Gasteiger partial charge in [-0.25, -0.2) is 9.59 Å². The number of piperidine rings is 1. The number of likely N-dealkylation sites (tertiary alicyclic amines) is 1. The summed E-state index contributed by atoms with van der Waals surface area (Å²) in [5.41, 5.74) is 5.46. The number of nitrogens with zero attached hydrogens (tertiary/aromatic N) is 1. The fourth-order valence-electron chi connectivity index (χ4n) is 3.21. The van der Waals surface area contributed by atoms with E-state index < -0.39 is 29.0 Å². The summed E-state index contributed by atoms with van der Waals surface area (Å²) in [6.07, 6.45) is 0.416. The van der Waals surface area contributed by atoms with Gasteiger partial charge in [0.2, 0.25) is 5.91 Å². The number of rotatable bonds is 4. The highest BCUT2D eigenvalue weighted by atomic mass is 16.6. The number of hydrogen-bond donors (Lipinski definition) is 1. The van der Waals surface area contributed by atoms with Gasteiger partial charge in [0.1, 0.15) is 5.60 Å². The normalized spacial score (nSPS) is 16.5. The summed E-state index contributed by atoms with van der Waals surface area (Å²) in [5.74, 6) is -0.841. The van der Waals surface area contributed by atoms with Crippen molar-refractivity contribution in [1.29, 1.82) is 0 Å². The minimum absolute atomic E-state index is 0.298. The number of amides is 2. The SMILES string of the molecule is CCOC(=O)c1ccc(C2(C(N)=O)CCN(C(=O)OC(C)(C)C)CC2)cc1. The van der Waals surface area contributed by atoms with Crippen LogP contribution in [0.3, 0.4) is 0 Å². The number of ether oxygens (including phenoxy) is 2. The Balaban J connectivity index is 2.15. The molecule has 1 aliphatic rings. The van der Waals surface area contributed by atoms with Gasteiger partial charge in [-0.3, -0.25) is 4.79 Å². The van der Waals surface area contributed by atoms with Gasteiger partial charge in [-0.2, -0.15) is 0 Å². The van der Waals surface area contributed by atoms with Crippen LogP contribution in [0.15, 0.2) is 24.3 Å². The summed E-state index contributed by atoms with van der Waals surface area (Å²) >= 11 is 0. The molecule has 2 amide bonds. The molecule has 148 valence electrons. The van der Waals surface area contributed by atoms with E-state index in [-0.39, 0.29) is 0 Å². The van der Waals surface area contributed by atoms with Gasteiger partial charge in [-0.05, 0) is 58.2 Å². The number of benzene rings is 1. The number of carbonyl (C=O) groups is 3. The zero-order valence-electron chi connectivity index (χ0n) is 16.4. The molecule has 1 saturated heterocycles. The van der Waals surface area contributed by atoms with Crippen LogP contribution in [-0.2, 0) is 19.7 Å². The monoisotopic (exact) mass is 376 g/mol. The predicted octanol–water partition coefficient (Wildman–Crippen LogP) is 2.62. The van der Waals surface area contributed by atoms with E-state index in [1.54, 1.807) is 36.1 Å². The van der Waals surface area contributed by atoms with Crippen LogP contribution in [0.1, 0.15) is 56.5 Å². The summed E-state index contributed by atoms with van der Waals surface area (Å²) in [6, 6.07) is 6.75. The van der Waals surface area contributed by atoms with Gasteiger partial charge in [0, 0.05) is 13.1 Å². The molecule has 1 fully saturated rings. The second kappa shape index (κ2) is 7.98. The number of carbonyl (C=O) groups excluding carboxylic acids is 3. The molecule has 0 spiro atoms. The van der Waals surface area contributed by atoms with Crippen molar-refractivity contribution in [3.8, 4) is 0 Å². The predicted molar refractivity (Wildman–Crippen MR) is 100 cm³/mol. The van der Waals surface area contributed by atoms with E-state index in [0.29, 0.717) is 38.1 Å². The Morgan fingerprint density at radius 1 is 1.11 bits per heavy atom. The molecule has 0 aliphatic carbocycles. The molecule has 0 atom stereocenters. The molecule has 1 aliphatic heterocycles. The van der Waals surface area contributed by atoms with Gasteiger partial charge >= 0.3 is 12.1 Å². The molecule has 7 heteroatoms. The minimum atomic E-state index is -0.869. The smallest absolute Gasteiger partial charge is 0.410 e. The lowest BCUT2D eigenvalue weighted by Gasteiger charge is -2.40. The largest absolute Gasteiger partial charge is 0.462 e. The molecule has 1 aromatic carbocycles. The van der Waals surface area contributed by atoms with Crippen molar-refractivity contribution in [2.24, 2.45) is 5.73 Å². The Kier molecular flexibility index (Phi) is 6.13. The minimum Gasteiger partial charge on any atom is -0.462 e. The molecule has 1 heterocycles. The number of nitrogens with two attached hydrogens (primary N) is 1. The molecule has 0 radical (unpaired) electrons. The Hall–Kier alpha value is -2.57. The Morgan fingerprint density at radius 3 is 2.11 bits per heavy atom. The lowest BCUT2D eigenvalue weighted by molar-refractivity contribution is -0.125. The third-order valence-corrected chi connectivity index (χ3v) is 4.69. The van der Waals surface area contributed by atoms with Crippen molar-refractivity contribution in [3.63, 3.8) is 0 Å². The van der Waals surface area contributed by atoms with E-state index in [0.717, 1.165) is 5.56 Å². The maximum atomic E-state index is 12.3. The average molecular weight is 376 g/mol. The molecule has 2 rings (SSSR count). The highest BCUT2D eigenvalue weighted by molar-refractivity contribution is 5.90. The molecular weight excluding hydrogens is 348 g/mol. The summed E-state index contributed by atoms with van der Waals surface area (Å²) in [7, 11) is 0. The maximum Gasteiger partial charge on any atom is 0.410 e. The highest BCUT2D eigenvalue weighted by Crippen LogP contribution is 2.36. The zero-order valence-corrected chi connectivity index (χ0v) is 16.4. The topological polar surface area (TPSA) is 98.9 Å². The first-order valence-corrected chi connectivity index (χ1v) is 9.14. The first kappa shape index (κ1) is 20.7. The van der Waals surface area contributed by atoms with Crippen LogP contribution in [-0.4, -0.2) is 48.2 Å². The molecule has 27 heavy (non-hydrogen) atoms. The van der Waals surface area contributed by atoms with Crippen molar-refractivity contribution >= 4 is 18.0 Å². The van der Waals surface area contributed by atoms with Crippen LogP contribution in [0, 0.1) is 0 Å². The Morgan fingerprint density at radius 2 is 1.67 bits per heavy atom. The van der Waals surface area contributed by atoms with Crippen molar-refractivity contribution in [2.75, 3.05) is 19.7 Å². The van der Waals surface area contributed by atoms with Crippen LogP contribution < -0.4 is 5.73 Å². The number of esters is 1. The molecule has 7 nitrogen and oxygen atoms in total. The molecule has 0 unspecified atom stereocenters. The zero-order chi connectivity index (χ0) is 20.2. The second-order valence-corrected chi connectivity index (χ2v) is 7.71. The van der Waals surface area contributed by atoms with Crippen LogP contribution in [0.25, 0.3) is 0 Å². The Labute approximate surface area is 159 Å². The van der Waals surface area contributed by atoms with E-state index in [2.05, 4.69) is 0 Å². The summed E-state index contributed by atoms with van der Waals surface area (Å²) in [6.45, 7) is 8.23. The summed E-state index contributed by atoms with van der Waals surface area (Å²) in [5, 5.41) is 0. The van der Waals surface area contributed by atoms with Crippen LogP contribution in [0.2, 0.25) is 0 Å². The first-order valence-electron chi connectivity index (χ1n) is 9.14. The second-order valence-electron chi connectivity index (χ2n) is 7.71. The van der Waals surface area contributed by atoms with E-state index in [1.807, 2.05) is 20.8 Å². The summed E-state index contributed by atoms with van der Waals surface area (Å²) in [4.78, 5) is 38.0. The van der Waals surface area contributed by atoms with Crippen LogP contribution in [0.4, 0.5) is 4.79 Å². The van der Waals surface area contributed by atoms with Crippen LogP contribution >= 0.6 is 0 Å². The Bertz CT molecular complexity index is 698. The quantitative estimate of drug-likeness (QED) is 0.815. The molecule has 2 N–H and O–H groups in total.